The number of halogens is 3. The van der Waals surface area contributed by atoms with Gasteiger partial charge in [-0.05, 0) is 70.9 Å². The van der Waals surface area contributed by atoms with Crippen molar-refractivity contribution in [2.24, 2.45) is 0 Å². The first kappa shape index (κ1) is 22.2. The summed E-state index contributed by atoms with van der Waals surface area (Å²) in [7, 11) is 0. The number of anilines is 2. The van der Waals surface area contributed by atoms with Gasteiger partial charge in [-0.25, -0.2) is 0 Å². The highest BCUT2D eigenvalue weighted by atomic mass is 79.9. The standard InChI is InChI=1S/C22H17BrCl2N2O3/c1-13-4-2-6-16(8-13)27-22(29)14-5-3-7-17(9-14)26-20(28)12-30-21-18(23)10-15(24)11-19(21)25/h2-11H,12H2,1H3,(H,26,28)(H,27,29). The minimum absolute atomic E-state index is 0.264. The average molecular weight is 508 g/mol. The Hall–Kier alpha value is -2.54. The van der Waals surface area contributed by atoms with Gasteiger partial charge in [0.1, 0.15) is 0 Å². The Kier molecular flexibility index (Phi) is 7.37. The number of hydrogen-bond acceptors (Lipinski definition) is 3. The SMILES string of the molecule is Cc1cccc(NC(=O)c2cccc(NC(=O)COc3c(Cl)cc(Cl)cc3Br)c2)c1. The molecule has 0 aromatic heterocycles. The summed E-state index contributed by atoms with van der Waals surface area (Å²) < 4.78 is 6.04. The van der Waals surface area contributed by atoms with Crippen molar-refractivity contribution in [3.05, 3.63) is 86.3 Å². The molecule has 0 saturated heterocycles. The second-order valence-corrected chi connectivity index (χ2v) is 8.14. The van der Waals surface area contributed by atoms with Crippen molar-refractivity contribution in [2.45, 2.75) is 6.92 Å². The molecule has 0 spiro atoms. The second kappa shape index (κ2) is 9.98. The molecule has 0 saturated carbocycles. The molecule has 8 heteroatoms. The van der Waals surface area contributed by atoms with Crippen LogP contribution in [-0.2, 0) is 4.79 Å². The van der Waals surface area contributed by atoms with E-state index in [2.05, 4.69) is 26.6 Å². The predicted molar refractivity (Wildman–Crippen MR) is 124 cm³/mol. The first-order chi connectivity index (χ1) is 14.3. The van der Waals surface area contributed by atoms with Crippen molar-refractivity contribution in [2.75, 3.05) is 17.2 Å². The van der Waals surface area contributed by atoms with E-state index in [1.54, 1.807) is 30.3 Å². The van der Waals surface area contributed by atoms with E-state index in [0.717, 1.165) is 5.56 Å². The molecule has 3 aromatic rings. The molecule has 0 aliphatic rings. The van der Waals surface area contributed by atoms with Gasteiger partial charge in [0.05, 0.1) is 9.50 Å². The summed E-state index contributed by atoms with van der Waals surface area (Å²) in [6.45, 7) is 1.68. The van der Waals surface area contributed by atoms with Crippen LogP contribution in [0, 0.1) is 6.92 Å². The van der Waals surface area contributed by atoms with Crippen LogP contribution < -0.4 is 15.4 Å². The number of nitrogens with one attached hydrogen (secondary N) is 2. The van der Waals surface area contributed by atoms with Crippen LogP contribution in [-0.4, -0.2) is 18.4 Å². The number of carbonyl (C=O) groups excluding carboxylic acids is 2. The van der Waals surface area contributed by atoms with Crippen molar-refractivity contribution in [3.63, 3.8) is 0 Å². The van der Waals surface area contributed by atoms with Gasteiger partial charge in [-0.2, -0.15) is 0 Å². The molecule has 0 bridgehead atoms. The third-order valence-corrected chi connectivity index (χ3v) is 5.08. The van der Waals surface area contributed by atoms with Crippen LogP contribution in [0.3, 0.4) is 0 Å². The van der Waals surface area contributed by atoms with Crippen LogP contribution in [0.15, 0.2) is 65.1 Å². The minimum Gasteiger partial charge on any atom is -0.481 e. The van der Waals surface area contributed by atoms with E-state index in [1.807, 2.05) is 31.2 Å². The van der Waals surface area contributed by atoms with Gasteiger partial charge in [0.15, 0.2) is 12.4 Å². The summed E-state index contributed by atoms with van der Waals surface area (Å²) in [6, 6.07) is 17.3. The summed E-state index contributed by atoms with van der Waals surface area (Å²) in [5.74, 6) is -0.350. The number of rotatable bonds is 6. The van der Waals surface area contributed by atoms with Crippen LogP contribution in [0.4, 0.5) is 11.4 Å². The van der Waals surface area contributed by atoms with Gasteiger partial charge in [0, 0.05) is 22.0 Å². The molecule has 0 fully saturated rings. The minimum atomic E-state index is -0.399. The molecule has 0 atom stereocenters. The van der Waals surface area contributed by atoms with Crippen molar-refractivity contribution in [1.82, 2.24) is 0 Å². The quantitative estimate of drug-likeness (QED) is 0.409. The first-order valence-corrected chi connectivity index (χ1v) is 10.4. The second-order valence-electron chi connectivity index (χ2n) is 6.44. The topological polar surface area (TPSA) is 67.4 Å². The third kappa shape index (κ3) is 5.98. The van der Waals surface area contributed by atoms with Crippen LogP contribution in [0.2, 0.25) is 10.0 Å². The number of hydrogen-bond donors (Lipinski definition) is 2. The van der Waals surface area contributed by atoms with E-state index >= 15 is 0 Å². The summed E-state index contributed by atoms with van der Waals surface area (Å²) in [5, 5.41) is 6.28. The summed E-state index contributed by atoms with van der Waals surface area (Å²) in [4.78, 5) is 24.8. The van der Waals surface area contributed by atoms with E-state index in [4.69, 9.17) is 27.9 Å². The molecular weight excluding hydrogens is 491 g/mol. The normalized spacial score (nSPS) is 10.4. The van der Waals surface area contributed by atoms with Gasteiger partial charge in [-0.1, -0.05) is 41.4 Å². The van der Waals surface area contributed by atoms with Crippen LogP contribution in [0.25, 0.3) is 0 Å². The number of aryl methyl sites for hydroxylation is 1. The maximum absolute atomic E-state index is 12.5. The molecule has 3 aromatic carbocycles. The molecule has 2 amide bonds. The molecule has 0 unspecified atom stereocenters. The Morgan fingerprint density at radius 3 is 2.37 bits per heavy atom. The Bertz CT molecular complexity index is 1080. The summed E-state index contributed by atoms with van der Waals surface area (Å²) >= 11 is 15.3. The van der Waals surface area contributed by atoms with Crippen LogP contribution >= 0.6 is 39.1 Å². The van der Waals surface area contributed by atoms with Gasteiger partial charge < -0.3 is 15.4 Å². The zero-order chi connectivity index (χ0) is 21.7. The van der Waals surface area contributed by atoms with Gasteiger partial charge in [0.2, 0.25) is 0 Å². The van der Waals surface area contributed by atoms with Crippen molar-refractivity contribution >= 4 is 62.3 Å². The maximum atomic E-state index is 12.5. The molecule has 0 aliphatic carbocycles. The van der Waals surface area contributed by atoms with Crippen molar-refractivity contribution < 1.29 is 14.3 Å². The van der Waals surface area contributed by atoms with Gasteiger partial charge >= 0.3 is 0 Å². The number of ether oxygens (including phenoxy) is 1. The molecule has 3 rings (SSSR count). The third-order valence-electron chi connectivity index (χ3n) is 4.00. The van der Waals surface area contributed by atoms with E-state index < -0.39 is 5.91 Å². The first-order valence-electron chi connectivity index (χ1n) is 8.87. The predicted octanol–water partition coefficient (Wildman–Crippen LogP) is 6.33. The highest BCUT2D eigenvalue weighted by Gasteiger charge is 2.12. The number of benzene rings is 3. The summed E-state index contributed by atoms with van der Waals surface area (Å²) in [6.07, 6.45) is 0. The van der Waals surface area contributed by atoms with Gasteiger partial charge in [0.25, 0.3) is 11.8 Å². The Morgan fingerprint density at radius 1 is 0.967 bits per heavy atom. The largest absolute Gasteiger partial charge is 0.481 e. The van der Waals surface area contributed by atoms with E-state index in [1.165, 1.54) is 6.07 Å². The lowest BCUT2D eigenvalue weighted by Gasteiger charge is -2.11. The highest BCUT2D eigenvalue weighted by Crippen LogP contribution is 2.36. The fraction of sp³-hybridized carbons (Fsp3) is 0.0909. The zero-order valence-corrected chi connectivity index (χ0v) is 18.9. The molecule has 0 heterocycles. The van der Waals surface area contributed by atoms with Gasteiger partial charge in [-0.15, -0.1) is 0 Å². The zero-order valence-electron chi connectivity index (χ0n) is 15.8. The highest BCUT2D eigenvalue weighted by molar-refractivity contribution is 9.10. The lowest BCUT2D eigenvalue weighted by molar-refractivity contribution is -0.118. The Morgan fingerprint density at radius 2 is 1.67 bits per heavy atom. The molecule has 30 heavy (non-hydrogen) atoms. The lowest BCUT2D eigenvalue weighted by Crippen LogP contribution is -2.21. The monoisotopic (exact) mass is 506 g/mol. The van der Waals surface area contributed by atoms with E-state index in [0.29, 0.717) is 32.2 Å². The maximum Gasteiger partial charge on any atom is 0.262 e. The summed E-state index contributed by atoms with van der Waals surface area (Å²) in [5.41, 5.74) is 2.63. The molecule has 0 radical (unpaired) electrons. The molecular formula is C22H17BrCl2N2O3. The average Bonchev–Trinajstić information content (AvgIpc) is 2.67. The van der Waals surface area contributed by atoms with Crippen LogP contribution in [0.5, 0.6) is 5.75 Å². The van der Waals surface area contributed by atoms with E-state index in [9.17, 15) is 9.59 Å². The molecule has 2 N–H and O–H groups in total. The lowest BCUT2D eigenvalue weighted by atomic mass is 10.1. The van der Waals surface area contributed by atoms with Crippen molar-refractivity contribution in [3.8, 4) is 5.75 Å². The molecule has 0 aliphatic heterocycles. The molecule has 5 nitrogen and oxygen atoms in total. The molecule has 154 valence electrons. The smallest absolute Gasteiger partial charge is 0.262 e. The van der Waals surface area contributed by atoms with Gasteiger partial charge in [-0.3, -0.25) is 9.59 Å². The van der Waals surface area contributed by atoms with E-state index in [-0.39, 0.29) is 17.5 Å². The Balaban J connectivity index is 1.62. The van der Waals surface area contributed by atoms with Crippen LogP contribution in [0.1, 0.15) is 15.9 Å². The van der Waals surface area contributed by atoms with Crippen molar-refractivity contribution in [1.29, 1.82) is 0 Å². The number of amides is 2. The fourth-order valence-electron chi connectivity index (χ4n) is 2.67. The fourth-order valence-corrected chi connectivity index (χ4v) is 4.03. The Labute approximate surface area is 192 Å². The number of carbonyl (C=O) groups is 2.